The van der Waals surface area contributed by atoms with Gasteiger partial charge in [0, 0.05) is 6.42 Å². The first kappa shape index (κ1) is 15.7. The fraction of sp³-hybridized carbons (Fsp3) is 0.357. The first-order chi connectivity index (χ1) is 9.37. The standard InChI is InChI=1S/C14H15NO5/c1-9(16)14(15-19,10(2)17)8-11-4-6-12(7-5-11)13(18)20-3/h4-7H,8H2,1-3H3. The quantitative estimate of drug-likeness (QED) is 0.448. The van der Waals surface area contributed by atoms with Crippen LogP contribution in [-0.2, 0) is 20.7 Å². The Morgan fingerprint density at radius 2 is 1.60 bits per heavy atom. The Kier molecular flexibility index (Phi) is 4.85. The molecule has 0 radical (unpaired) electrons. The average Bonchev–Trinajstić information content (AvgIpc) is 2.43. The second-order valence-corrected chi connectivity index (χ2v) is 4.43. The van der Waals surface area contributed by atoms with Crippen molar-refractivity contribution in [2.24, 2.45) is 5.18 Å². The molecule has 106 valence electrons. The second-order valence-electron chi connectivity index (χ2n) is 4.43. The zero-order chi connectivity index (χ0) is 15.3. The fourth-order valence-electron chi connectivity index (χ4n) is 1.83. The number of hydrogen-bond acceptors (Lipinski definition) is 6. The summed E-state index contributed by atoms with van der Waals surface area (Å²) in [6.45, 7) is 2.32. The Morgan fingerprint density at radius 3 is 1.95 bits per heavy atom. The molecular weight excluding hydrogens is 262 g/mol. The first-order valence-corrected chi connectivity index (χ1v) is 5.91. The van der Waals surface area contributed by atoms with Gasteiger partial charge in [0.05, 0.1) is 12.7 Å². The monoisotopic (exact) mass is 277 g/mol. The Hall–Kier alpha value is -2.37. The van der Waals surface area contributed by atoms with Gasteiger partial charge in [-0.05, 0) is 36.7 Å². The maximum atomic E-state index is 11.6. The Balaban J connectivity index is 3.07. The zero-order valence-electron chi connectivity index (χ0n) is 11.5. The number of nitroso groups, excluding NO2 is 1. The van der Waals surface area contributed by atoms with E-state index in [9.17, 15) is 19.3 Å². The molecule has 0 aromatic heterocycles. The van der Waals surface area contributed by atoms with Crippen LogP contribution in [0.5, 0.6) is 0 Å². The van der Waals surface area contributed by atoms with E-state index < -0.39 is 23.1 Å². The molecule has 0 N–H and O–H groups in total. The van der Waals surface area contributed by atoms with Gasteiger partial charge >= 0.3 is 5.97 Å². The number of carbonyl (C=O) groups is 3. The predicted octanol–water partition coefficient (Wildman–Crippen LogP) is 1.70. The molecule has 0 bridgehead atoms. The summed E-state index contributed by atoms with van der Waals surface area (Å²) in [4.78, 5) is 45.4. The Bertz CT molecular complexity index is 533. The van der Waals surface area contributed by atoms with Crippen LogP contribution in [0.4, 0.5) is 0 Å². The van der Waals surface area contributed by atoms with Gasteiger partial charge in [0.1, 0.15) is 0 Å². The molecule has 1 aromatic rings. The minimum Gasteiger partial charge on any atom is -0.465 e. The van der Waals surface area contributed by atoms with Gasteiger partial charge in [-0.25, -0.2) is 4.79 Å². The largest absolute Gasteiger partial charge is 0.465 e. The van der Waals surface area contributed by atoms with Gasteiger partial charge < -0.3 is 4.74 Å². The van der Waals surface area contributed by atoms with Gasteiger partial charge in [-0.15, -0.1) is 4.91 Å². The highest BCUT2D eigenvalue weighted by Crippen LogP contribution is 2.21. The lowest BCUT2D eigenvalue weighted by Crippen LogP contribution is -2.44. The van der Waals surface area contributed by atoms with Crippen molar-refractivity contribution in [1.82, 2.24) is 0 Å². The smallest absolute Gasteiger partial charge is 0.337 e. The third kappa shape index (κ3) is 2.96. The van der Waals surface area contributed by atoms with Crippen LogP contribution in [0.25, 0.3) is 0 Å². The summed E-state index contributed by atoms with van der Waals surface area (Å²) in [5.74, 6) is -1.69. The van der Waals surface area contributed by atoms with Crippen molar-refractivity contribution in [2.45, 2.75) is 25.8 Å². The molecule has 6 nitrogen and oxygen atoms in total. The maximum absolute atomic E-state index is 11.6. The van der Waals surface area contributed by atoms with E-state index >= 15 is 0 Å². The summed E-state index contributed by atoms with van der Waals surface area (Å²) < 4.78 is 4.56. The molecule has 0 fully saturated rings. The van der Waals surface area contributed by atoms with E-state index in [1.54, 1.807) is 12.1 Å². The normalized spacial score (nSPS) is 10.8. The Morgan fingerprint density at radius 1 is 1.10 bits per heavy atom. The van der Waals surface area contributed by atoms with Crippen LogP contribution in [0.2, 0.25) is 0 Å². The van der Waals surface area contributed by atoms with Crippen LogP contribution in [0.1, 0.15) is 29.8 Å². The van der Waals surface area contributed by atoms with Crippen molar-refractivity contribution in [3.63, 3.8) is 0 Å². The molecule has 20 heavy (non-hydrogen) atoms. The van der Waals surface area contributed by atoms with Gasteiger partial charge in [0.25, 0.3) is 0 Å². The van der Waals surface area contributed by atoms with Crippen LogP contribution >= 0.6 is 0 Å². The molecule has 0 amide bonds. The lowest BCUT2D eigenvalue weighted by Gasteiger charge is -2.20. The highest BCUT2D eigenvalue weighted by atomic mass is 16.5. The van der Waals surface area contributed by atoms with Crippen molar-refractivity contribution in [1.29, 1.82) is 0 Å². The van der Waals surface area contributed by atoms with Gasteiger partial charge in [0.15, 0.2) is 11.6 Å². The van der Waals surface area contributed by atoms with E-state index in [2.05, 4.69) is 9.91 Å². The molecule has 1 rings (SSSR count). The SMILES string of the molecule is COC(=O)c1ccc(CC(N=O)(C(C)=O)C(C)=O)cc1. The number of hydrogen-bond donors (Lipinski definition) is 0. The van der Waals surface area contributed by atoms with E-state index in [-0.39, 0.29) is 6.42 Å². The summed E-state index contributed by atoms with van der Waals surface area (Å²) in [5.41, 5.74) is -0.999. The van der Waals surface area contributed by atoms with Crippen LogP contribution < -0.4 is 0 Å². The van der Waals surface area contributed by atoms with Crippen LogP contribution in [0.15, 0.2) is 29.4 Å². The van der Waals surface area contributed by atoms with Gasteiger partial charge in [-0.3, -0.25) is 9.59 Å². The summed E-state index contributed by atoms with van der Waals surface area (Å²) in [6.07, 6.45) is -0.122. The predicted molar refractivity (Wildman–Crippen MR) is 71.4 cm³/mol. The van der Waals surface area contributed by atoms with Gasteiger partial charge in [0.2, 0.25) is 5.54 Å². The number of ketones is 2. The van der Waals surface area contributed by atoms with Crippen LogP contribution in [-0.4, -0.2) is 30.2 Å². The molecule has 0 saturated carbocycles. The highest BCUT2D eigenvalue weighted by Gasteiger charge is 2.42. The molecule has 0 aliphatic heterocycles. The molecule has 0 aliphatic carbocycles. The van der Waals surface area contributed by atoms with E-state index in [4.69, 9.17) is 0 Å². The third-order valence-corrected chi connectivity index (χ3v) is 3.16. The number of benzene rings is 1. The summed E-state index contributed by atoms with van der Waals surface area (Å²) >= 11 is 0. The van der Waals surface area contributed by atoms with Crippen molar-refractivity contribution >= 4 is 17.5 Å². The summed E-state index contributed by atoms with van der Waals surface area (Å²) in [7, 11) is 1.27. The van der Waals surface area contributed by atoms with Crippen LogP contribution in [0.3, 0.4) is 0 Å². The topological polar surface area (TPSA) is 89.9 Å². The lowest BCUT2D eigenvalue weighted by atomic mass is 9.84. The van der Waals surface area contributed by atoms with Crippen molar-refractivity contribution < 1.29 is 19.1 Å². The summed E-state index contributed by atoms with van der Waals surface area (Å²) in [6, 6.07) is 6.10. The lowest BCUT2D eigenvalue weighted by molar-refractivity contribution is -0.132. The Labute approximate surface area is 116 Å². The molecule has 0 heterocycles. The summed E-state index contributed by atoms with van der Waals surface area (Å²) in [5, 5.41) is 2.75. The third-order valence-electron chi connectivity index (χ3n) is 3.16. The number of rotatable bonds is 6. The highest BCUT2D eigenvalue weighted by molar-refractivity contribution is 6.10. The fourth-order valence-corrected chi connectivity index (χ4v) is 1.83. The number of esters is 1. The number of ether oxygens (including phenoxy) is 1. The molecule has 0 atom stereocenters. The van der Waals surface area contributed by atoms with Crippen molar-refractivity contribution in [3.05, 3.63) is 40.3 Å². The molecule has 6 heteroatoms. The van der Waals surface area contributed by atoms with E-state index in [1.807, 2.05) is 0 Å². The maximum Gasteiger partial charge on any atom is 0.337 e. The van der Waals surface area contributed by atoms with E-state index in [1.165, 1.54) is 19.2 Å². The molecular formula is C14H15NO5. The van der Waals surface area contributed by atoms with Gasteiger partial charge in [-0.1, -0.05) is 12.1 Å². The average molecular weight is 277 g/mol. The van der Waals surface area contributed by atoms with Crippen LogP contribution in [0, 0.1) is 4.91 Å². The minimum absolute atomic E-state index is 0.122. The molecule has 1 aromatic carbocycles. The number of nitrogens with zero attached hydrogens (tertiary/aromatic N) is 1. The second kappa shape index (κ2) is 6.18. The molecule has 0 unspecified atom stereocenters. The first-order valence-electron chi connectivity index (χ1n) is 5.91. The number of carbonyl (C=O) groups excluding carboxylic acids is 3. The number of methoxy groups -OCH3 is 1. The number of Topliss-reactive ketones (excluding diaryl/α,β-unsaturated/α-hetero) is 2. The van der Waals surface area contributed by atoms with E-state index in [0.717, 1.165) is 13.8 Å². The minimum atomic E-state index is -1.90. The molecule has 0 saturated heterocycles. The van der Waals surface area contributed by atoms with E-state index in [0.29, 0.717) is 11.1 Å². The molecule has 0 spiro atoms. The van der Waals surface area contributed by atoms with Gasteiger partial charge in [-0.2, -0.15) is 0 Å². The zero-order valence-corrected chi connectivity index (χ0v) is 11.5. The van der Waals surface area contributed by atoms with Crippen molar-refractivity contribution in [3.8, 4) is 0 Å². The van der Waals surface area contributed by atoms with Crippen molar-refractivity contribution in [2.75, 3.05) is 7.11 Å². The molecule has 0 aliphatic rings.